The summed E-state index contributed by atoms with van der Waals surface area (Å²) < 4.78 is 16.4. The fourth-order valence-electron chi connectivity index (χ4n) is 2.39. The highest BCUT2D eigenvalue weighted by molar-refractivity contribution is 5.16. The molecule has 6 heteroatoms. The Balaban J connectivity index is 1.75. The van der Waals surface area contributed by atoms with Crippen LogP contribution in [0.15, 0.2) is 30.3 Å². The predicted molar refractivity (Wildman–Crippen MR) is 62.7 cm³/mol. The number of aliphatic hydroxyl groups is 1. The zero-order valence-electron chi connectivity index (χ0n) is 10.2. The van der Waals surface area contributed by atoms with Crippen LogP contribution in [0.2, 0.25) is 0 Å². The first-order chi connectivity index (χ1) is 9.16. The second kappa shape index (κ2) is 5.16. The summed E-state index contributed by atoms with van der Waals surface area (Å²) in [5, 5.41) is 21.5. The summed E-state index contributed by atoms with van der Waals surface area (Å²) in [7, 11) is 0. The van der Waals surface area contributed by atoms with Crippen molar-refractivity contribution in [2.45, 2.75) is 36.9 Å². The van der Waals surface area contributed by atoms with Gasteiger partial charge in [0.1, 0.15) is 12.2 Å². The number of aliphatic hydroxyl groups excluding tert-OH is 1. The maximum atomic E-state index is 11.5. The molecular weight excluding hydrogens is 250 g/mol. The van der Waals surface area contributed by atoms with Gasteiger partial charge >= 0.3 is 0 Å². The molecule has 6 atom stereocenters. The monoisotopic (exact) mass is 266 g/mol. The van der Waals surface area contributed by atoms with Crippen LogP contribution in [-0.2, 0) is 14.2 Å². The van der Waals surface area contributed by atoms with E-state index in [2.05, 4.69) is 0 Å². The van der Waals surface area contributed by atoms with Crippen LogP contribution in [0.3, 0.4) is 0 Å². The lowest BCUT2D eigenvalue weighted by Crippen LogP contribution is -2.67. The van der Waals surface area contributed by atoms with Crippen LogP contribution in [0.5, 0.6) is 0 Å². The van der Waals surface area contributed by atoms with Crippen molar-refractivity contribution in [2.75, 3.05) is 6.61 Å². The Bertz CT molecular complexity index is 426. The molecule has 2 aliphatic heterocycles. The van der Waals surface area contributed by atoms with E-state index >= 15 is 0 Å². The molecule has 0 aliphatic carbocycles. The molecule has 6 nitrogen and oxygen atoms in total. The summed E-state index contributed by atoms with van der Waals surface area (Å²) >= 11 is 0. The maximum absolute atomic E-state index is 11.5. The molecule has 19 heavy (non-hydrogen) atoms. The second-order valence-electron chi connectivity index (χ2n) is 4.79. The van der Waals surface area contributed by atoms with E-state index in [0.29, 0.717) is 0 Å². The van der Waals surface area contributed by atoms with E-state index in [0.717, 1.165) is 5.56 Å². The van der Waals surface area contributed by atoms with Gasteiger partial charge in [-0.1, -0.05) is 30.3 Å². The standard InChI is InChI=1S/C13H16NO5/c14-9-10(15)11-8(18-12(9)16)6-17-13(19-11)7-4-2-1-3-5-7/h1-5,8-13,15H,6,14H2/q-1/t8-,9-,10-,11-,12-,13?/m1/s1. The van der Waals surface area contributed by atoms with Gasteiger partial charge in [-0.15, -0.1) is 0 Å². The third kappa shape index (κ3) is 2.38. The molecule has 2 aliphatic rings. The van der Waals surface area contributed by atoms with Crippen LogP contribution in [0.4, 0.5) is 0 Å². The van der Waals surface area contributed by atoms with Crippen molar-refractivity contribution in [1.29, 1.82) is 0 Å². The van der Waals surface area contributed by atoms with Gasteiger partial charge in [0.15, 0.2) is 6.29 Å². The largest absolute Gasteiger partial charge is 0.830 e. The van der Waals surface area contributed by atoms with Gasteiger partial charge in [0.05, 0.1) is 12.7 Å². The molecule has 104 valence electrons. The van der Waals surface area contributed by atoms with Crippen LogP contribution in [0, 0.1) is 0 Å². The lowest BCUT2D eigenvalue weighted by Gasteiger charge is -2.49. The van der Waals surface area contributed by atoms with E-state index in [1.807, 2.05) is 30.3 Å². The number of benzene rings is 1. The van der Waals surface area contributed by atoms with Gasteiger partial charge in [0.25, 0.3) is 0 Å². The summed E-state index contributed by atoms with van der Waals surface area (Å²) in [6, 6.07) is 8.40. The first-order valence-electron chi connectivity index (χ1n) is 6.24. The highest BCUT2D eigenvalue weighted by atomic mass is 16.7. The van der Waals surface area contributed by atoms with Crippen molar-refractivity contribution in [2.24, 2.45) is 5.73 Å². The van der Waals surface area contributed by atoms with E-state index < -0.39 is 36.9 Å². The fourth-order valence-corrected chi connectivity index (χ4v) is 2.39. The predicted octanol–water partition coefficient (Wildman–Crippen LogP) is -1.13. The molecule has 0 aromatic heterocycles. The Hall–Kier alpha value is -1.02. The number of hydrogen-bond acceptors (Lipinski definition) is 6. The van der Waals surface area contributed by atoms with Gasteiger partial charge in [-0.2, -0.15) is 0 Å². The zero-order chi connectivity index (χ0) is 13.4. The lowest BCUT2D eigenvalue weighted by atomic mass is 9.96. The van der Waals surface area contributed by atoms with Crippen molar-refractivity contribution in [3.63, 3.8) is 0 Å². The van der Waals surface area contributed by atoms with E-state index in [4.69, 9.17) is 19.9 Å². The molecule has 0 radical (unpaired) electrons. The number of ether oxygens (including phenoxy) is 3. The Morgan fingerprint density at radius 2 is 1.95 bits per heavy atom. The van der Waals surface area contributed by atoms with Crippen molar-refractivity contribution in [3.8, 4) is 0 Å². The molecular formula is C13H16NO5-. The Morgan fingerprint density at radius 1 is 1.21 bits per heavy atom. The average molecular weight is 266 g/mol. The second-order valence-corrected chi connectivity index (χ2v) is 4.79. The van der Waals surface area contributed by atoms with Crippen molar-refractivity contribution in [3.05, 3.63) is 35.9 Å². The third-order valence-corrected chi connectivity index (χ3v) is 3.48. The van der Waals surface area contributed by atoms with Crippen molar-refractivity contribution >= 4 is 0 Å². The van der Waals surface area contributed by atoms with Crippen molar-refractivity contribution < 1.29 is 24.4 Å². The van der Waals surface area contributed by atoms with E-state index in [1.165, 1.54) is 0 Å². The van der Waals surface area contributed by atoms with Crippen LogP contribution >= 0.6 is 0 Å². The summed E-state index contributed by atoms with van der Waals surface area (Å²) in [4.78, 5) is 0. The first-order valence-corrected chi connectivity index (χ1v) is 6.24. The zero-order valence-corrected chi connectivity index (χ0v) is 10.2. The number of hydrogen-bond donors (Lipinski definition) is 2. The van der Waals surface area contributed by atoms with E-state index in [1.54, 1.807) is 0 Å². The molecule has 3 rings (SSSR count). The molecule has 0 bridgehead atoms. The van der Waals surface area contributed by atoms with Crippen molar-refractivity contribution in [1.82, 2.24) is 0 Å². The molecule has 2 heterocycles. The Labute approximate surface area is 110 Å². The summed E-state index contributed by atoms with van der Waals surface area (Å²) in [6.07, 6.45) is -4.28. The van der Waals surface area contributed by atoms with Gasteiger partial charge in [0.2, 0.25) is 0 Å². The van der Waals surface area contributed by atoms with Gasteiger partial charge in [-0.25, -0.2) is 0 Å². The number of nitrogens with two attached hydrogens (primary N) is 1. The summed E-state index contributed by atoms with van der Waals surface area (Å²) in [5.74, 6) is 0. The normalized spacial score (nSPS) is 42.7. The lowest BCUT2D eigenvalue weighted by molar-refractivity contribution is -0.525. The molecule has 0 spiro atoms. The van der Waals surface area contributed by atoms with Crippen LogP contribution in [0.1, 0.15) is 11.9 Å². The van der Waals surface area contributed by atoms with Gasteiger partial charge < -0.3 is 30.2 Å². The minimum Gasteiger partial charge on any atom is -0.830 e. The molecule has 0 amide bonds. The maximum Gasteiger partial charge on any atom is 0.184 e. The smallest absolute Gasteiger partial charge is 0.184 e. The SMILES string of the molecule is N[C@@H]1[C@@H](O)[C@@H]2OC(c3ccccc3)OC[C@H]2O[C@H]1[O-]. The molecule has 3 N–H and O–H groups in total. The highest BCUT2D eigenvalue weighted by Gasteiger charge is 2.44. The third-order valence-electron chi connectivity index (χ3n) is 3.48. The topological polar surface area (TPSA) is 97.0 Å². The average Bonchev–Trinajstić information content (AvgIpc) is 2.46. The molecule has 2 saturated heterocycles. The van der Waals surface area contributed by atoms with Crippen LogP contribution < -0.4 is 10.8 Å². The fraction of sp³-hybridized carbons (Fsp3) is 0.538. The summed E-state index contributed by atoms with van der Waals surface area (Å²) in [5.41, 5.74) is 6.46. The highest BCUT2D eigenvalue weighted by Crippen LogP contribution is 2.32. The summed E-state index contributed by atoms with van der Waals surface area (Å²) in [6.45, 7) is 0.201. The van der Waals surface area contributed by atoms with Gasteiger partial charge in [-0.05, 0) is 0 Å². The Kier molecular flexibility index (Phi) is 3.53. The Morgan fingerprint density at radius 3 is 2.68 bits per heavy atom. The quantitative estimate of drug-likeness (QED) is 0.668. The van der Waals surface area contributed by atoms with E-state index in [9.17, 15) is 10.2 Å². The molecule has 1 aromatic carbocycles. The number of fused-ring (bicyclic) bond motifs is 1. The van der Waals surface area contributed by atoms with Crippen LogP contribution in [-0.4, -0.2) is 42.4 Å². The van der Waals surface area contributed by atoms with Gasteiger partial charge in [0, 0.05) is 17.9 Å². The molecule has 2 fully saturated rings. The van der Waals surface area contributed by atoms with Gasteiger partial charge in [-0.3, -0.25) is 0 Å². The first kappa shape index (κ1) is 13.0. The molecule has 0 saturated carbocycles. The van der Waals surface area contributed by atoms with E-state index in [-0.39, 0.29) is 6.61 Å². The van der Waals surface area contributed by atoms with Crippen LogP contribution in [0.25, 0.3) is 0 Å². The molecule has 1 unspecified atom stereocenters. The minimum absolute atomic E-state index is 0.201. The minimum atomic E-state index is -1.45. The number of rotatable bonds is 1. The molecule has 1 aromatic rings.